The third kappa shape index (κ3) is 4.76. The second-order valence-corrected chi connectivity index (χ2v) is 8.42. The number of rotatable bonds is 6. The van der Waals surface area contributed by atoms with Crippen molar-refractivity contribution in [2.24, 2.45) is 5.92 Å². The van der Waals surface area contributed by atoms with Crippen molar-refractivity contribution >= 4 is 10.0 Å². The van der Waals surface area contributed by atoms with Gasteiger partial charge in [0.05, 0.1) is 25.1 Å². The summed E-state index contributed by atoms with van der Waals surface area (Å²) >= 11 is 0. The Morgan fingerprint density at radius 2 is 1.87 bits per heavy atom. The minimum absolute atomic E-state index is 0.150. The summed E-state index contributed by atoms with van der Waals surface area (Å²) in [5.74, 6) is 0.384. The van der Waals surface area contributed by atoms with Crippen LogP contribution in [-0.4, -0.2) is 50.9 Å². The standard InChI is InChI=1S/C17H25NO4S/c19-23(20,14-16-8-11-21-12-16)18-9-6-17(7-10-18)22-13-15-4-2-1-3-5-15/h1-5,16-17H,6-14H2/t16-/m0/s1. The zero-order chi connectivity index (χ0) is 16.1. The Bertz CT molecular complexity index is 576. The van der Waals surface area contributed by atoms with Gasteiger partial charge in [0.2, 0.25) is 10.0 Å². The van der Waals surface area contributed by atoms with Crippen molar-refractivity contribution in [3.05, 3.63) is 35.9 Å². The molecular weight excluding hydrogens is 314 g/mol. The summed E-state index contributed by atoms with van der Waals surface area (Å²) in [6.07, 6.45) is 2.55. The molecule has 0 amide bonds. The van der Waals surface area contributed by atoms with E-state index in [4.69, 9.17) is 9.47 Å². The number of sulfonamides is 1. The summed E-state index contributed by atoms with van der Waals surface area (Å²) in [4.78, 5) is 0. The Morgan fingerprint density at radius 3 is 2.52 bits per heavy atom. The van der Waals surface area contributed by atoms with Gasteiger partial charge in [-0.25, -0.2) is 12.7 Å². The van der Waals surface area contributed by atoms with Crippen LogP contribution >= 0.6 is 0 Å². The van der Waals surface area contributed by atoms with E-state index in [9.17, 15) is 8.42 Å². The van der Waals surface area contributed by atoms with E-state index >= 15 is 0 Å². The lowest BCUT2D eigenvalue weighted by atomic mass is 10.1. The normalized spacial score (nSPS) is 24.1. The van der Waals surface area contributed by atoms with Gasteiger partial charge in [-0.05, 0) is 30.7 Å². The zero-order valence-electron chi connectivity index (χ0n) is 13.4. The molecule has 5 nitrogen and oxygen atoms in total. The Hall–Kier alpha value is -0.950. The molecule has 0 bridgehead atoms. The molecule has 2 aliphatic heterocycles. The van der Waals surface area contributed by atoms with Crippen molar-refractivity contribution in [1.29, 1.82) is 0 Å². The first-order valence-electron chi connectivity index (χ1n) is 8.34. The third-order valence-electron chi connectivity index (χ3n) is 4.59. The largest absolute Gasteiger partial charge is 0.381 e. The van der Waals surface area contributed by atoms with Crippen molar-refractivity contribution in [3.8, 4) is 0 Å². The first-order valence-corrected chi connectivity index (χ1v) is 9.95. The fourth-order valence-electron chi connectivity index (χ4n) is 3.18. The second kappa shape index (κ2) is 7.75. The molecule has 1 aromatic rings. The van der Waals surface area contributed by atoms with E-state index in [1.54, 1.807) is 4.31 Å². The minimum atomic E-state index is -3.16. The molecule has 2 heterocycles. The Kier molecular flexibility index (Phi) is 5.69. The van der Waals surface area contributed by atoms with Crippen LogP contribution in [0, 0.1) is 5.92 Å². The molecule has 0 N–H and O–H groups in total. The highest BCUT2D eigenvalue weighted by Crippen LogP contribution is 2.22. The molecule has 128 valence electrons. The molecule has 0 radical (unpaired) electrons. The summed E-state index contributed by atoms with van der Waals surface area (Å²) in [6.45, 7) is 2.99. The molecule has 0 unspecified atom stereocenters. The maximum absolute atomic E-state index is 12.5. The van der Waals surface area contributed by atoms with Gasteiger partial charge in [-0.1, -0.05) is 30.3 Å². The molecule has 6 heteroatoms. The molecule has 1 aromatic carbocycles. The maximum atomic E-state index is 12.5. The van der Waals surface area contributed by atoms with E-state index in [0.29, 0.717) is 32.9 Å². The lowest BCUT2D eigenvalue weighted by molar-refractivity contribution is 0.0102. The monoisotopic (exact) mass is 339 g/mol. The van der Waals surface area contributed by atoms with Crippen LogP contribution in [0.25, 0.3) is 0 Å². The van der Waals surface area contributed by atoms with E-state index in [1.165, 1.54) is 0 Å². The summed E-state index contributed by atoms with van der Waals surface area (Å²) in [5.41, 5.74) is 1.16. The zero-order valence-corrected chi connectivity index (χ0v) is 14.2. The highest BCUT2D eigenvalue weighted by Gasteiger charge is 2.31. The van der Waals surface area contributed by atoms with Crippen LogP contribution in [0.15, 0.2) is 30.3 Å². The molecule has 0 saturated carbocycles. The highest BCUT2D eigenvalue weighted by molar-refractivity contribution is 7.89. The topological polar surface area (TPSA) is 55.8 Å². The Labute approximate surface area is 138 Å². The molecule has 1 atom stereocenters. The average molecular weight is 339 g/mol. The van der Waals surface area contributed by atoms with E-state index in [0.717, 1.165) is 24.8 Å². The molecule has 0 aliphatic carbocycles. The van der Waals surface area contributed by atoms with Crippen molar-refractivity contribution < 1.29 is 17.9 Å². The smallest absolute Gasteiger partial charge is 0.214 e. The van der Waals surface area contributed by atoms with Gasteiger partial charge in [0, 0.05) is 19.7 Å². The van der Waals surface area contributed by atoms with Crippen LogP contribution in [-0.2, 0) is 26.1 Å². The summed E-state index contributed by atoms with van der Waals surface area (Å²) < 4.78 is 37.7. The predicted molar refractivity (Wildman–Crippen MR) is 88.5 cm³/mol. The number of hydrogen-bond donors (Lipinski definition) is 0. The summed E-state index contributed by atoms with van der Waals surface area (Å²) in [5, 5.41) is 0. The fourth-order valence-corrected chi connectivity index (χ4v) is 5.02. The quantitative estimate of drug-likeness (QED) is 0.796. The van der Waals surface area contributed by atoms with Crippen molar-refractivity contribution in [2.75, 3.05) is 32.1 Å². The predicted octanol–water partition coefficient (Wildman–Crippen LogP) is 2.03. The first kappa shape index (κ1) is 16.9. The van der Waals surface area contributed by atoms with Gasteiger partial charge in [0.1, 0.15) is 0 Å². The van der Waals surface area contributed by atoms with E-state index in [1.807, 2.05) is 30.3 Å². The second-order valence-electron chi connectivity index (χ2n) is 6.40. The first-order chi connectivity index (χ1) is 11.1. The highest BCUT2D eigenvalue weighted by atomic mass is 32.2. The van der Waals surface area contributed by atoms with Gasteiger partial charge in [0.25, 0.3) is 0 Å². The number of piperidine rings is 1. The van der Waals surface area contributed by atoms with Gasteiger partial charge in [0.15, 0.2) is 0 Å². The fraction of sp³-hybridized carbons (Fsp3) is 0.647. The molecule has 2 aliphatic rings. The van der Waals surface area contributed by atoms with Gasteiger partial charge in [-0.2, -0.15) is 0 Å². The van der Waals surface area contributed by atoms with E-state index in [2.05, 4.69) is 0 Å². The molecule has 23 heavy (non-hydrogen) atoms. The minimum Gasteiger partial charge on any atom is -0.381 e. The molecular formula is C17H25NO4S. The van der Waals surface area contributed by atoms with Gasteiger partial charge in [-0.3, -0.25) is 0 Å². The number of hydrogen-bond acceptors (Lipinski definition) is 4. The maximum Gasteiger partial charge on any atom is 0.214 e. The third-order valence-corrected chi connectivity index (χ3v) is 6.64. The number of benzene rings is 1. The van der Waals surface area contributed by atoms with Crippen LogP contribution in [0.2, 0.25) is 0 Å². The Balaban J connectivity index is 1.44. The van der Waals surface area contributed by atoms with Crippen molar-refractivity contribution in [3.63, 3.8) is 0 Å². The van der Waals surface area contributed by atoms with Gasteiger partial charge < -0.3 is 9.47 Å². The summed E-state index contributed by atoms with van der Waals surface area (Å²) in [7, 11) is -3.16. The molecule has 2 fully saturated rings. The SMILES string of the molecule is O=S(=O)(C[C@H]1CCOC1)N1CCC(OCc2ccccc2)CC1. The van der Waals surface area contributed by atoms with E-state index < -0.39 is 10.0 Å². The summed E-state index contributed by atoms with van der Waals surface area (Å²) in [6, 6.07) is 10.1. The van der Waals surface area contributed by atoms with Crippen LogP contribution in [0.3, 0.4) is 0 Å². The van der Waals surface area contributed by atoms with Crippen LogP contribution in [0.4, 0.5) is 0 Å². The average Bonchev–Trinajstić information content (AvgIpc) is 3.06. The number of ether oxygens (including phenoxy) is 2. The van der Waals surface area contributed by atoms with Crippen molar-refractivity contribution in [2.45, 2.75) is 32.0 Å². The molecule has 0 spiro atoms. The lowest BCUT2D eigenvalue weighted by Crippen LogP contribution is -2.43. The molecule has 0 aromatic heterocycles. The molecule has 3 rings (SSSR count). The van der Waals surface area contributed by atoms with Crippen LogP contribution in [0.5, 0.6) is 0 Å². The lowest BCUT2D eigenvalue weighted by Gasteiger charge is -2.31. The number of nitrogens with zero attached hydrogens (tertiary/aromatic N) is 1. The van der Waals surface area contributed by atoms with E-state index in [-0.39, 0.29) is 17.8 Å². The van der Waals surface area contributed by atoms with Crippen LogP contribution in [0.1, 0.15) is 24.8 Å². The van der Waals surface area contributed by atoms with Crippen molar-refractivity contribution in [1.82, 2.24) is 4.31 Å². The molecule has 2 saturated heterocycles. The Morgan fingerprint density at radius 1 is 1.13 bits per heavy atom. The van der Waals surface area contributed by atoms with Gasteiger partial charge in [-0.15, -0.1) is 0 Å². The van der Waals surface area contributed by atoms with Gasteiger partial charge >= 0.3 is 0 Å². The van der Waals surface area contributed by atoms with Crippen LogP contribution < -0.4 is 0 Å².